The van der Waals surface area contributed by atoms with Crippen LogP contribution in [-0.4, -0.2) is 51.0 Å². The zero-order chi connectivity index (χ0) is 17.7. The highest BCUT2D eigenvalue weighted by Gasteiger charge is 2.47. The number of nitrogens with zero attached hydrogens (tertiary/aromatic N) is 4. The number of β-amino-alcohol motifs (C(OH)–C–C–N with tert-alkyl or cyclic N) is 1. The predicted octanol–water partition coefficient (Wildman–Crippen LogP) is 0.791. The maximum Gasteiger partial charge on any atom is 0.260 e. The summed E-state index contributed by atoms with van der Waals surface area (Å²) in [6.07, 6.45) is 3.78. The lowest BCUT2D eigenvalue weighted by atomic mass is 10.0. The van der Waals surface area contributed by atoms with Crippen LogP contribution in [0.2, 0.25) is 0 Å². The highest BCUT2D eigenvalue weighted by molar-refractivity contribution is 7.89. The van der Waals surface area contributed by atoms with Gasteiger partial charge in [-0.2, -0.15) is 9.29 Å². The van der Waals surface area contributed by atoms with Crippen LogP contribution in [0.15, 0.2) is 33.9 Å². The fourth-order valence-corrected chi connectivity index (χ4v) is 4.65. The largest absolute Gasteiger partial charge is 0.379 e. The van der Waals surface area contributed by atoms with Crippen molar-refractivity contribution in [2.45, 2.75) is 30.3 Å². The van der Waals surface area contributed by atoms with Gasteiger partial charge in [-0.25, -0.2) is 13.4 Å². The molecule has 4 heterocycles. The maximum absolute atomic E-state index is 13.0. The number of pyridine rings is 1. The van der Waals surface area contributed by atoms with Gasteiger partial charge in [0.05, 0.1) is 6.54 Å². The van der Waals surface area contributed by atoms with Crippen LogP contribution in [0.1, 0.15) is 25.1 Å². The lowest BCUT2D eigenvalue weighted by molar-refractivity contribution is 0.0194. The summed E-state index contributed by atoms with van der Waals surface area (Å²) in [7, 11) is -3.79. The smallest absolute Gasteiger partial charge is 0.260 e. The van der Waals surface area contributed by atoms with Crippen molar-refractivity contribution in [2.75, 3.05) is 13.1 Å². The fraction of sp³-hybridized carbons (Fsp3) is 0.400. The van der Waals surface area contributed by atoms with E-state index >= 15 is 0 Å². The predicted molar refractivity (Wildman–Crippen MR) is 87.0 cm³/mol. The quantitative estimate of drug-likeness (QED) is 0.702. The van der Waals surface area contributed by atoms with Crippen LogP contribution in [-0.2, 0) is 22.0 Å². The van der Waals surface area contributed by atoms with Gasteiger partial charge in [0.2, 0.25) is 10.0 Å². The topological polar surface area (TPSA) is 125 Å². The molecule has 0 aliphatic carbocycles. The van der Waals surface area contributed by atoms with E-state index in [1.807, 2.05) is 6.92 Å². The molecule has 0 spiro atoms. The number of hydrogen-bond acceptors (Lipinski definition) is 7. The summed E-state index contributed by atoms with van der Waals surface area (Å²) in [5.41, 5.74) is -0.974. The number of aromatic amines is 1. The first-order chi connectivity index (χ1) is 11.9. The Morgan fingerprint density at radius 2 is 2.32 bits per heavy atom. The van der Waals surface area contributed by atoms with Crippen LogP contribution in [0.3, 0.4) is 0 Å². The molecule has 1 atom stereocenters. The standard InChI is InChI=1S/C15H17N5O4S/c1-2-12-18-14(24-19-12)15(21)5-7-20(9-15)25(22,23)11-8-17-13-10(11)4-3-6-16-13/h3-4,6,8,21H,2,5,7,9H2,1H3,(H,16,17)/t15-/m1/s1. The zero-order valence-corrected chi connectivity index (χ0v) is 14.3. The molecule has 1 saturated heterocycles. The second-order valence-electron chi connectivity index (χ2n) is 6.04. The molecule has 10 heteroatoms. The van der Waals surface area contributed by atoms with Crippen molar-refractivity contribution < 1.29 is 18.0 Å². The number of H-pyrrole nitrogens is 1. The molecule has 1 aliphatic heterocycles. The third-order valence-electron chi connectivity index (χ3n) is 4.43. The summed E-state index contributed by atoms with van der Waals surface area (Å²) in [6, 6.07) is 3.37. The molecule has 1 fully saturated rings. The molecule has 0 bridgehead atoms. The highest BCUT2D eigenvalue weighted by Crippen LogP contribution is 2.35. The number of hydrogen-bond donors (Lipinski definition) is 2. The second-order valence-corrected chi connectivity index (χ2v) is 7.95. The Kier molecular flexibility index (Phi) is 3.63. The second kappa shape index (κ2) is 5.61. The van der Waals surface area contributed by atoms with Crippen molar-refractivity contribution in [3.63, 3.8) is 0 Å². The highest BCUT2D eigenvalue weighted by atomic mass is 32.2. The van der Waals surface area contributed by atoms with E-state index in [0.717, 1.165) is 0 Å². The number of rotatable bonds is 4. The van der Waals surface area contributed by atoms with Crippen LogP contribution < -0.4 is 0 Å². The molecule has 3 aromatic rings. The Morgan fingerprint density at radius 1 is 1.48 bits per heavy atom. The van der Waals surface area contributed by atoms with E-state index in [1.165, 1.54) is 10.5 Å². The summed E-state index contributed by atoms with van der Waals surface area (Å²) in [5.74, 6) is 0.537. The molecule has 0 aromatic carbocycles. The summed E-state index contributed by atoms with van der Waals surface area (Å²) >= 11 is 0. The molecule has 0 amide bonds. The molecule has 1 aliphatic rings. The molecule has 0 radical (unpaired) electrons. The Balaban J connectivity index is 1.66. The number of sulfonamides is 1. The zero-order valence-electron chi connectivity index (χ0n) is 13.5. The minimum absolute atomic E-state index is 0.0580. The van der Waals surface area contributed by atoms with Crippen molar-refractivity contribution in [1.29, 1.82) is 0 Å². The first-order valence-electron chi connectivity index (χ1n) is 7.92. The Bertz CT molecular complexity index is 1030. The lowest BCUT2D eigenvalue weighted by Crippen LogP contribution is -2.34. The van der Waals surface area contributed by atoms with Crippen molar-refractivity contribution in [1.82, 2.24) is 24.4 Å². The van der Waals surface area contributed by atoms with E-state index in [-0.39, 0.29) is 30.3 Å². The van der Waals surface area contributed by atoms with Crippen LogP contribution in [0.4, 0.5) is 0 Å². The van der Waals surface area contributed by atoms with Crippen LogP contribution in [0, 0.1) is 0 Å². The Labute approximate surface area is 143 Å². The molecule has 25 heavy (non-hydrogen) atoms. The number of fused-ring (bicyclic) bond motifs is 1. The van der Waals surface area contributed by atoms with Crippen molar-refractivity contribution in [3.8, 4) is 0 Å². The average molecular weight is 363 g/mol. The van der Waals surface area contributed by atoms with Crippen LogP contribution in [0.25, 0.3) is 11.0 Å². The van der Waals surface area contributed by atoms with Gasteiger partial charge < -0.3 is 14.6 Å². The lowest BCUT2D eigenvalue weighted by Gasteiger charge is -2.19. The molecule has 4 rings (SSSR count). The molecule has 0 saturated carbocycles. The van der Waals surface area contributed by atoms with Gasteiger partial charge in [0.1, 0.15) is 10.5 Å². The van der Waals surface area contributed by atoms with Gasteiger partial charge in [-0.3, -0.25) is 0 Å². The van der Waals surface area contributed by atoms with Crippen molar-refractivity contribution >= 4 is 21.1 Å². The molecule has 0 unspecified atom stereocenters. The number of aromatic nitrogens is 4. The molecular weight excluding hydrogens is 346 g/mol. The first-order valence-corrected chi connectivity index (χ1v) is 9.36. The maximum atomic E-state index is 13.0. The van der Waals surface area contributed by atoms with E-state index < -0.39 is 15.6 Å². The fourth-order valence-electron chi connectivity index (χ4n) is 3.01. The van der Waals surface area contributed by atoms with E-state index in [0.29, 0.717) is 23.3 Å². The normalized spacial score (nSPS) is 22.0. The van der Waals surface area contributed by atoms with Gasteiger partial charge in [0.25, 0.3) is 5.89 Å². The minimum Gasteiger partial charge on any atom is -0.379 e. The Hall–Kier alpha value is -2.30. The van der Waals surface area contributed by atoms with Gasteiger partial charge in [-0.05, 0) is 12.1 Å². The van der Waals surface area contributed by atoms with E-state index in [1.54, 1.807) is 18.3 Å². The molecule has 9 nitrogen and oxygen atoms in total. The molecule has 3 aromatic heterocycles. The monoisotopic (exact) mass is 363 g/mol. The first kappa shape index (κ1) is 16.2. The summed E-state index contributed by atoms with van der Waals surface area (Å²) < 4.78 is 32.3. The molecular formula is C15H17N5O4S. The van der Waals surface area contributed by atoms with Gasteiger partial charge in [-0.15, -0.1) is 0 Å². The molecule has 2 N–H and O–H groups in total. The third-order valence-corrected chi connectivity index (χ3v) is 6.31. The number of aryl methyl sites for hydroxylation is 1. The van der Waals surface area contributed by atoms with E-state index in [2.05, 4.69) is 20.1 Å². The summed E-state index contributed by atoms with van der Waals surface area (Å²) in [6.45, 7) is 1.90. The van der Waals surface area contributed by atoms with Crippen LogP contribution >= 0.6 is 0 Å². The van der Waals surface area contributed by atoms with Crippen LogP contribution in [0.5, 0.6) is 0 Å². The van der Waals surface area contributed by atoms with Gasteiger partial charge in [0, 0.05) is 37.2 Å². The summed E-state index contributed by atoms with van der Waals surface area (Å²) in [5, 5.41) is 15.1. The van der Waals surface area contributed by atoms with Gasteiger partial charge in [-0.1, -0.05) is 12.1 Å². The number of aliphatic hydroxyl groups is 1. The summed E-state index contributed by atoms with van der Waals surface area (Å²) in [4.78, 5) is 11.3. The van der Waals surface area contributed by atoms with Gasteiger partial charge >= 0.3 is 0 Å². The number of nitrogens with one attached hydrogen (secondary N) is 1. The Morgan fingerprint density at radius 3 is 3.08 bits per heavy atom. The van der Waals surface area contributed by atoms with E-state index in [9.17, 15) is 13.5 Å². The SMILES string of the molecule is CCc1noc([C@@]2(O)CCN(S(=O)(=O)c3c[nH]c4ncccc34)C2)n1. The van der Waals surface area contributed by atoms with Gasteiger partial charge in [0.15, 0.2) is 11.4 Å². The van der Waals surface area contributed by atoms with E-state index in [4.69, 9.17) is 4.52 Å². The molecule has 132 valence electrons. The van der Waals surface area contributed by atoms with Crippen molar-refractivity contribution in [3.05, 3.63) is 36.2 Å². The van der Waals surface area contributed by atoms with Crippen molar-refractivity contribution in [2.24, 2.45) is 0 Å². The minimum atomic E-state index is -3.79. The third kappa shape index (κ3) is 2.53. The average Bonchev–Trinajstić information content (AvgIpc) is 3.33.